The van der Waals surface area contributed by atoms with Crippen LogP contribution in [0.25, 0.3) is 0 Å². The zero-order valence-corrected chi connectivity index (χ0v) is 15.0. The van der Waals surface area contributed by atoms with Crippen molar-refractivity contribution < 1.29 is 9.59 Å². The van der Waals surface area contributed by atoms with Gasteiger partial charge in [0, 0.05) is 30.8 Å². The van der Waals surface area contributed by atoms with Crippen LogP contribution in [-0.4, -0.2) is 24.9 Å². The average Bonchev–Trinajstić information content (AvgIpc) is 2.62. The summed E-state index contributed by atoms with van der Waals surface area (Å²) < 4.78 is 0. The molecule has 1 atom stereocenters. The summed E-state index contributed by atoms with van der Waals surface area (Å²) in [5.74, 6) is 0.709. The lowest BCUT2D eigenvalue weighted by Crippen LogP contribution is -2.35. The van der Waals surface area contributed by atoms with E-state index in [9.17, 15) is 9.59 Å². The van der Waals surface area contributed by atoms with Gasteiger partial charge in [0.05, 0.1) is 0 Å². The highest BCUT2D eigenvalue weighted by Gasteiger charge is 2.19. The van der Waals surface area contributed by atoms with Gasteiger partial charge in [-0.3, -0.25) is 9.59 Å². The number of hydrogen-bond donors (Lipinski definition) is 1. The molecule has 4 heteroatoms. The van der Waals surface area contributed by atoms with Gasteiger partial charge >= 0.3 is 0 Å². The second-order valence-electron chi connectivity index (χ2n) is 6.68. The molecule has 2 rings (SSSR count). The highest BCUT2D eigenvalue weighted by atomic mass is 16.2. The molecular weight excluding hydrogens is 300 g/mol. The lowest BCUT2D eigenvalue weighted by atomic mass is 9.99. The number of nitrogens with one attached hydrogen (secondary N) is 1. The molecule has 4 nitrogen and oxygen atoms in total. The smallest absolute Gasteiger partial charge is 0.251 e. The van der Waals surface area contributed by atoms with Crippen LogP contribution in [-0.2, 0) is 4.79 Å². The van der Waals surface area contributed by atoms with Crippen molar-refractivity contribution in [2.24, 2.45) is 5.92 Å². The number of nitrogens with zero attached hydrogens (tertiary/aromatic N) is 1. The molecule has 1 aromatic rings. The Labute approximate surface area is 145 Å². The van der Waals surface area contributed by atoms with Gasteiger partial charge in [0.1, 0.15) is 0 Å². The molecule has 0 saturated carbocycles. The predicted octanol–water partition coefficient (Wildman–Crippen LogP) is 4.15. The van der Waals surface area contributed by atoms with Gasteiger partial charge in [-0.15, -0.1) is 0 Å². The molecule has 0 aromatic heterocycles. The molecule has 1 fully saturated rings. The second kappa shape index (κ2) is 9.45. The number of benzene rings is 1. The summed E-state index contributed by atoms with van der Waals surface area (Å²) in [7, 11) is 0. The quantitative estimate of drug-likeness (QED) is 0.778. The van der Waals surface area contributed by atoms with Crippen molar-refractivity contribution in [3.63, 3.8) is 0 Å². The Balaban J connectivity index is 1.89. The number of rotatable bonds is 8. The molecule has 1 unspecified atom stereocenters. The van der Waals surface area contributed by atoms with E-state index in [-0.39, 0.29) is 11.8 Å². The Kier molecular flexibility index (Phi) is 7.29. The molecule has 0 radical (unpaired) electrons. The number of carbonyl (C=O) groups excluding carboxylic acids is 2. The Bertz CT molecular complexity index is 539. The van der Waals surface area contributed by atoms with Crippen molar-refractivity contribution in [1.29, 1.82) is 0 Å². The maximum atomic E-state index is 12.3. The van der Waals surface area contributed by atoms with E-state index < -0.39 is 0 Å². The highest BCUT2D eigenvalue weighted by molar-refractivity contribution is 5.96. The van der Waals surface area contributed by atoms with E-state index in [0.717, 1.165) is 38.0 Å². The third-order valence-electron chi connectivity index (χ3n) is 4.86. The first-order chi connectivity index (χ1) is 11.7. The van der Waals surface area contributed by atoms with Crippen LogP contribution in [0.3, 0.4) is 0 Å². The second-order valence-corrected chi connectivity index (χ2v) is 6.68. The minimum Gasteiger partial charge on any atom is -0.352 e. The van der Waals surface area contributed by atoms with E-state index in [1.54, 1.807) is 0 Å². The van der Waals surface area contributed by atoms with Crippen LogP contribution in [0.1, 0.15) is 69.2 Å². The molecule has 2 amide bonds. The first-order valence-electron chi connectivity index (χ1n) is 9.34. The molecule has 132 valence electrons. The molecule has 1 N–H and O–H groups in total. The standard InChI is InChI=1S/C20H30N2O2/c1-3-5-8-16(4-2)15-21-20(24)17-10-12-18(13-11-17)22-14-7-6-9-19(22)23/h10-13,16H,3-9,14-15H2,1-2H3,(H,21,24). The highest BCUT2D eigenvalue weighted by Crippen LogP contribution is 2.21. The largest absolute Gasteiger partial charge is 0.352 e. The van der Waals surface area contributed by atoms with Crippen LogP contribution >= 0.6 is 0 Å². The Morgan fingerprint density at radius 2 is 1.96 bits per heavy atom. The first kappa shape index (κ1) is 18.5. The van der Waals surface area contributed by atoms with Crippen LogP contribution in [0.4, 0.5) is 5.69 Å². The van der Waals surface area contributed by atoms with Crippen molar-refractivity contribution in [2.75, 3.05) is 18.0 Å². The first-order valence-corrected chi connectivity index (χ1v) is 9.34. The number of anilines is 1. The molecule has 0 bridgehead atoms. The van der Waals surface area contributed by atoms with Crippen LogP contribution < -0.4 is 10.2 Å². The molecule has 1 saturated heterocycles. The molecule has 24 heavy (non-hydrogen) atoms. The summed E-state index contributed by atoms with van der Waals surface area (Å²) >= 11 is 0. The lowest BCUT2D eigenvalue weighted by molar-refractivity contribution is -0.119. The van der Waals surface area contributed by atoms with E-state index in [0.29, 0.717) is 17.9 Å². The van der Waals surface area contributed by atoms with Crippen molar-refractivity contribution in [1.82, 2.24) is 5.32 Å². The van der Waals surface area contributed by atoms with Gasteiger partial charge in [-0.05, 0) is 49.4 Å². The molecule has 0 spiro atoms. The number of unbranched alkanes of at least 4 members (excludes halogenated alkanes) is 1. The molecule has 1 heterocycles. The number of amides is 2. The monoisotopic (exact) mass is 330 g/mol. The third kappa shape index (κ3) is 5.08. The van der Waals surface area contributed by atoms with Crippen LogP contribution in [0.5, 0.6) is 0 Å². The van der Waals surface area contributed by atoms with Crippen molar-refractivity contribution in [3.8, 4) is 0 Å². The number of piperidine rings is 1. The summed E-state index contributed by atoms with van der Waals surface area (Å²) in [6.07, 6.45) is 7.32. The van der Waals surface area contributed by atoms with E-state index in [4.69, 9.17) is 0 Å². The third-order valence-corrected chi connectivity index (χ3v) is 4.86. The predicted molar refractivity (Wildman–Crippen MR) is 98.3 cm³/mol. The Morgan fingerprint density at radius 3 is 2.58 bits per heavy atom. The summed E-state index contributed by atoms with van der Waals surface area (Å²) in [5, 5.41) is 3.05. The molecule has 1 aliphatic heterocycles. The van der Waals surface area contributed by atoms with Crippen molar-refractivity contribution >= 4 is 17.5 Å². The summed E-state index contributed by atoms with van der Waals surface area (Å²) in [5.41, 5.74) is 1.55. The molecule has 0 aliphatic carbocycles. The lowest BCUT2D eigenvalue weighted by Gasteiger charge is -2.26. The van der Waals surface area contributed by atoms with E-state index in [2.05, 4.69) is 19.2 Å². The number of hydrogen-bond acceptors (Lipinski definition) is 2. The van der Waals surface area contributed by atoms with Crippen molar-refractivity contribution in [2.45, 2.75) is 58.8 Å². The van der Waals surface area contributed by atoms with Gasteiger partial charge in [-0.1, -0.05) is 33.1 Å². The normalized spacial score (nSPS) is 16.1. The fourth-order valence-electron chi connectivity index (χ4n) is 3.15. The van der Waals surface area contributed by atoms with Crippen LogP contribution in [0, 0.1) is 5.92 Å². The average molecular weight is 330 g/mol. The molecule has 1 aromatic carbocycles. The fourth-order valence-corrected chi connectivity index (χ4v) is 3.15. The topological polar surface area (TPSA) is 49.4 Å². The van der Waals surface area contributed by atoms with Gasteiger partial charge in [0.15, 0.2) is 0 Å². The maximum Gasteiger partial charge on any atom is 0.251 e. The van der Waals surface area contributed by atoms with Crippen LogP contribution in [0.2, 0.25) is 0 Å². The Morgan fingerprint density at radius 1 is 1.21 bits per heavy atom. The minimum absolute atomic E-state index is 0.0264. The fraction of sp³-hybridized carbons (Fsp3) is 0.600. The zero-order chi connectivity index (χ0) is 17.4. The minimum atomic E-state index is -0.0264. The van der Waals surface area contributed by atoms with Gasteiger partial charge in [0.25, 0.3) is 5.91 Å². The van der Waals surface area contributed by atoms with Crippen LogP contribution in [0.15, 0.2) is 24.3 Å². The molecule has 1 aliphatic rings. The van der Waals surface area contributed by atoms with Crippen molar-refractivity contribution in [3.05, 3.63) is 29.8 Å². The Hall–Kier alpha value is -1.84. The SMILES string of the molecule is CCCCC(CC)CNC(=O)c1ccc(N2CCCCC2=O)cc1. The van der Waals surface area contributed by atoms with Gasteiger partial charge in [0.2, 0.25) is 5.91 Å². The zero-order valence-electron chi connectivity index (χ0n) is 15.0. The number of carbonyl (C=O) groups is 2. The van der Waals surface area contributed by atoms with Gasteiger partial charge in [-0.2, -0.15) is 0 Å². The van der Waals surface area contributed by atoms with Gasteiger partial charge in [-0.25, -0.2) is 0 Å². The van der Waals surface area contributed by atoms with E-state index >= 15 is 0 Å². The molecular formula is C20H30N2O2. The van der Waals surface area contributed by atoms with E-state index in [1.807, 2.05) is 29.2 Å². The summed E-state index contributed by atoms with van der Waals surface area (Å²) in [4.78, 5) is 26.1. The van der Waals surface area contributed by atoms with Gasteiger partial charge < -0.3 is 10.2 Å². The summed E-state index contributed by atoms with van der Waals surface area (Å²) in [6, 6.07) is 7.40. The summed E-state index contributed by atoms with van der Waals surface area (Å²) in [6.45, 7) is 5.89. The maximum absolute atomic E-state index is 12.3. The van der Waals surface area contributed by atoms with E-state index in [1.165, 1.54) is 19.3 Å².